The molecule has 2 aliphatic rings. The van der Waals surface area contributed by atoms with Crippen LogP contribution in [0.25, 0.3) is 12.3 Å². The van der Waals surface area contributed by atoms with Gasteiger partial charge in [-0.3, -0.25) is 9.63 Å². The summed E-state index contributed by atoms with van der Waals surface area (Å²) in [5, 5.41) is 8.72. The molecule has 0 bridgehead atoms. The Balaban J connectivity index is 1.39. The van der Waals surface area contributed by atoms with Gasteiger partial charge in [0.15, 0.2) is 0 Å². The van der Waals surface area contributed by atoms with Crippen LogP contribution in [0.3, 0.4) is 0 Å². The van der Waals surface area contributed by atoms with Crippen molar-refractivity contribution in [2.24, 2.45) is 0 Å². The fourth-order valence-electron chi connectivity index (χ4n) is 3.50. The van der Waals surface area contributed by atoms with Crippen LogP contribution in [0.5, 0.6) is 5.75 Å². The lowest BCUT2D eigenvalue weighted by Gasteiger charge is -2.20. The number of hydrogen-bond donors (Lipinski definition) is 2. The van der Waals surface area contributed by atoms with Crippen molar-refractivity contribution in [3.8, 4) is 5.75 Å². The lowest BCUT2D eigenvalue weighted by molar-refractivity contribution is -0.193. The van der Waals surface area contributed by atoms with Crippen molar-refractivity contribution in [1.82, 2.24) is 15.7 Å². The van der Waals surface area contributed by atoms with Crippen LogP contribution in [-0.4, -0.2) is 29.1 Å². The Morgan fingerprint density at radius 1 is 1.20 bits per heavy atom. The quantitative estimate of drug-likeness (QED) is 0.789. The van der Waals surface area contributed by atoms with E-state index in [0.717, 1.165) is 16.0 Å². The Morgan fingerprint density at radius 3 is 2.87 bits per heavy atom. The van der Waals surface area contributed by atoms with Crippen LogP contribution in [0.2, 0.25) is 0 Å². The zero-order valence-corrected chi connectivity index (χ0v) is 16.6. The van der Waals surface area contributed by atoms with E-state index in [1.165, 1.54) is 5.06 Å². The first-order chi connectivity index (χ1) is 14.6. The number of amides is 2. The zero-order chi connectivity index (χ0) is 20.9. The summed E-state index contributed by atoms with van der Waals surface area (Å²) in [6.45, 7) is 2.18. The number of allylic oxidation sites excluding steroid dienone is 1. The van der Waals surface area contributed by atoms with Gasteiger partial charge in [0.25, 0.3) is 5.91 Å². The summed E-state index contributed by atoms with van der Waals surface area (Å²) in [6, 6.07) is 14.2. The predicted octanol–water partition coefficient (Wildman–Crippen LogP) is 1.53. The standard InChI is InChI=1S/C23H23N3O4/c1-16-13-20(22(27)26(16)29-15-17-7-3-2-4-8-17)25-23(28)30-21-11-5-9-18-14-24-12-6-10-19(18)21/h2-12,14,16,20,24H,13,15H2,1H3,(H,25,28). The van der Waals surface area contributed by atoms with E-state index in [2.05, 4.69) is 10.6 Å². The largest absolute Gasteiger partial charge is 0.413 e. The molecule has 2 amide bonds. The number of carbonyl (C=O) groups is 2. The number of rotatable bonds is 5. The van der Waals surface area contributed by atoms with E-state index in [0.29, 0.717) is 12.2 Å². The highest BCUT2D eigenvalue weighted by molar-refractivity contribution is 5.87. The molecule has 2 heterocycles. The molecule has 7 heteroatoms. The molecule has 0 aromatic heterocycles. The van der Waals surface area contributed by atoms with Gasteiger partial charge < -0.3 is 15.4 Å². The van der Waals surface area contributed by atoms with Crippen LogP contribution in [0.1, 0.15) is 18.9 Å². The van der Waals surface area contributed by atoms with E-state index < -0.39 is 12.1 Å². The lowest BCUT2D eigenvalue weighted by atomic mass is 10.2. The van der Waals surface area contributed by atoms with Gasteiger partial charge in [-0.25, -0.2) is 9.86 Å². The van der Waals surface area contributed by atoms with Crippen LogP contribution >= 0.6 is 0 Å². The second-order valence-corrected chi connectivity index (χ2v) is 7.19. The minimum absolute atomic E-state index is 0.154. The smallest absolute Gasteiger partial charge is 0.410 e. The molecule has 1 saturated heterocycles. The highest BCUT2D eigenvalue weighted by Gasteiger charge is 2.39. The molecule has 0 saturated carbocycles. The number of hydrogen-bond acceptors (Lipinski definition) is 5. The minimum atomic E-state index is -0.692. The highest BCUT2D eigenvalue weighted by atomic mass is 16.7. The van der Waals surface area contributed by atoms with Gasteiger partial charge in [0.05, 0.1) is 6.04 Å². The van der Waals surface area contributed by atoms with Crippen molar-refractivity contribution < 1.29 is 19.2 Å². The first-order valence-electron chi connectivity index (χ1n) is 9.82. The molecule has 2 aromatic carbocycles. The molecule has 154 valence electrons. The summed E-state index contributed by atoms with van der Waals surface area (Å²) in [7, 11) is 0. The van der Waals surface area contributed by atoms with Gasteiger partial charge in [0, 0.05) is 22.8 Å². The Bertz CT molecular complexity index is 1080. The van der Waals surface area contributed by atoms with Crippen molar-refractivity contribution in [2.45, 2.75) is 32.0 Å². The van der Waals surface area contributed by atoms with Gasteiger partial charge in [0.1, 0.15) is 18.4 Å². The van der Waals surface area contributed by atoms with Crippen molar-refractivity contribution >= 4 is 24.3 Å². The Morgan fingerprint density at radius 2 is 2.03 bits per heavy atom. The summed E-state index contributed by atoms with van der Waals surface area (Å²) in [5.41, 5.74) is 0.967. The Kier molecular flexibility index (Phi) is 5.81. The maximum absolute atomic E-state index is 12.7. The normalized spacial score (nSPS) is 19.8. The Labute approximate surface area is 174 Å². The molecule has 2 atom stereocenters. The average molecular weight is 405 g/mol. The van der Waals surface area contributed by atoms with Gasteiger partial charge in [-0.15, -0.1) is 0 Å². The summed E-state index contributed by atoms with van der Waals surface area (Å²) < 4.78 is 5.50. The maximum Gasteiger partial charge on any atom is 0.413 e. The van der Waals surface area contributed by atoms with Gasteiger partial charge in [-0.2, -0.15) is 0 Å². The number of nitrogens with zero attached hydrogens (tertiary/aromatic N) is 1. The topological polar surface area (TPSA) is 79.9 Å². The van der Waals surface area contributed by atoms with E-state index in [4.69, 9.17) is 9.57 Å². The maximum atomic E-state index is 12.7. The molecule has 2 unspecified atom stereocenters. The number of hydroxylamine groups is 2. The molecule has 2 N–H and O–H groups in total. The molecule has 2 aromatic rings. The van der Waals surface area contributed by atoms with Gasteiger partial charge >= 0.3 is 6.09 Å². The van der Waals surface area contributed by atoms with Crippen LogP contribution < -0.4 is 25.8 Å². The zero-order valence-electron chi connectivity index (χ0n) is 16.6. The van der Waals surface area contributed by atoms with Crippen LogP contribution in [0.15, 0.2) is 60.8 Å². The summed E-state index contributed by atoms with van der Waals surface area (Å²) >= 11 is 0. The molecule has 2 aliphatic heterocycles. The third kappa shape index (κ3) is 4.36. The molecular weight excluding hydrogens is 382 g/mol. The average Bonchev–Trinajstić information content (AvgIpc) is 2.91. The fourth-order valence-corrected chi connectivity index (χ4v) is 3.50. The van der Waals surface area contributed by atoms with Crippen molar-refractivity contribution in [2.75, 3.05) is 0 Å². The molecule has 30 heavy (non-hydrogen) atoms. The first kappa shape index (κ1) is 19.7. The highest BCUT2D eigenvalue weighted by Crippen LogP contribution is 2.20. The SMILES string of the molecule is CC1CC(NC(=O)Oc2cccc3c2=CC=CNC=3)C(=O)N1OCc1ccccc1. The molecule has 0 aliphatic carbocycles. The van der Waals surface area contributed by atoms with E-state index >= 15 is 0 Å². The summed E-state index contributed by atoms with van der Waals surface area (Å²) in [5.74, 6) is 0.138. The third-order valence-corrected chi connectivity index (χ3v) is 4.99. The van der Waals surface area contributed by atoms with E-state index in [1.807, 2.05) is 61.7 Å². The molecule has 0 radical (unpaired) electrons. The monoisotopic (exact) mass is 405 g/mol. The Hall–Kier alpha value is -3.58. The fraction of sp³-hybridized carbons (Fsp3) is 0.217. The van der Waals surface area contributed by atoms with Crippen molar-refractivity contribution in [3.63, 3.8) is 0 Å². The van der Waals surface area contributed by atoms with E-state index in [-0.39, 0.29) is 18.6 Å². The second-order valence-electron chi connectivity index (χ2n) is 7.19. The van der Waals surface area contributed by atoms with Crippen LogP contribution in [0, 0.1) is 0 Å². The minimum Gasteiger partial charge on any atom is -0.410 e. The van der Waals surface area contributed by atoms with Crippen LogP contribution in [-0.2, 0) is 16.2 Å². The molecule has 4 rings (SSSR count). The third-order valence-electron chi connectivity index (χ3n) is 4.99. The number of nitrogens with one attached hydrogen (secondary N) is 2. The number of benzene rings is 2. The van der Waals surface area contributed by atoms with E-state index in [9.17, 15) is 9.59 Å². The predicted molar refractivity (Wildman–Crippen MR) is 112 cm³/mol. The lowest BCUT2D eigenvalue weighted by Crippen LogP contribution is -2.43. The number of fused-ring (bicyclic) bond motifs is 1. The van der Waals surface area contributed by atoms with Crippen LogP contribution in [0.4, 0.5) is 4.79 Å². The summed E-state index contributed by atoms with van der Waals surface area (Å²) in [4.78, 5) is 30.9. The molecule has 1 fully saturated rings. The van der Waals surface area contributed by atoms with Gasteiger partial charge in [0.2, 0.25) is 0 Å². The van der Waals surface area contributed by atoms with Gasteiger partial charge in [-0.05, 0) is 37.1 Å². The van der Waals surface area contributed by atoms with E-state index in [1.54, 1.807) is 18.3 Å². The van der Waals surface area contributed by atoms with Crippen molar-refractivity contribution in [1.29, 1.82) is 0 Å². The van der Waals surface area contributed by atoms with Crippen molar-refractivity contribution in [3.05, 3.63) is 76.8 Å². The molecule has 7 nitrogen and oxygen atoms in total. The molecule has 0 spiro atoms. The second kappa shape index (κ2) is 8.84. The summed E-state index contributed by atoms with van der Waals surface area (Å²) in [6.07, 6.45) is 7.07. The number of carbonyl (C=O) groups excluding carboxylic acids is 2. The number of ether oxygens (including phenoxy) is 1. The molecular formula is C23H23N3O4. The first-order valence-corrected chi connectivity index (χ1v) is 9.82. The van der Waals surface area contributed by atoms with Gasteiger partial charge in [-0.1, -0.05) is 42.5 Å².